The predicted octanol–water partition coefficient (Wildman–Crippen LogP) is 0.766. The van der Waals surface area contributed by atoms with Gasteiger partial charge < -0.3 is 9.64 Å². The molecule has 1 unspecified atom stereocenters. The van der Waals surface area contributed by atoms with Crippen molar-refractivity contribution in [1.29, 1.82) is 0 Å². The fourth-order valence-electron chi connectivity index (χ4n) is 2.15. The molecule has 1 heterocycles. The maximum atomic E-state index is 12.5. The Morgan fingerprint density at radius 2 is 2.14 bits per heavy atom. The highest BCUT2D eigenvalue weighted by molar-refractivity contribution is 7.90. The fraction of sp³-hybridized carbons (Fsp3) is 0.500. The lowest BCUT2D eigenvalue weighted by Crippen LogP contribution is -2.47. The van der Waals surface area contributed by atoms with Crippen LogP contribution < -0.4 is 4.72 Å². The number of carbonyl (C=O) groups excluding carboxylic acids is 1. The van der Waals surface area contributed by atoms with Crippen LogP contribution in [-0.2, 0) is 14.9 Å². The van der Waals surface area contributed by atoms with Gasteiger partial charge in [-0.15, -0.1) is 0 Å². The van der Waals surface area contributed by atoms with Gasteiger partial charge in [-0.1, -0.05) is 6.07 Å². The van der Waals surface area contributed by atoms with E-state index in [4.69, 9.17) is 4.74 Å². The number of ether oxygens (including phenoxy) is 1. The Kier molecular flexibility index (Phi) is 5.05. The molecule has 1 saturated heterocycles. The van der Waals surface area contributed by atoms with Gasteiger partial charge >= 0.3 is 10.2 Å². The molecule has 1 atom stereocenters. The zero-order valence-corrected chi connectivity index (χ0v) is 13.8. The van der Waals surface area contributed by atoms with Crippen molar-refractivity contribution in [2.45, 2.75) is 13.0 Å². The number of carbonyl (C=O) groups is 1. The van der Waals surface area contributed by atoms with Crippen molar-refractivity contribution in [2.75, 3.05) is 38.6 Å². The molecule has 1 aliphatic heterocycles. The Morgan fingerprint density at radius 1 is 1.41 bits per heavy atom. The topological polar surface area (TPSA) is 79.0 Å². The molecule has 0 aliphatic carbocycles. The molecular weight excluding hydrogens is 306 g/mol. The molecule has 22 heavy (non-hydrogen) atoms. The first kappa shape index (κ1) is 16.7. The SMILES string of the molecule is CC1COCCN1C(=O)c1cccc(NS(=O)(=O)N(C)C)c1. The summed E-state index contributed by atoms with van der Waals surface area (Å²) < 4.78 is 32.5. The molecule has 0 aromatic heterocycles. The van der Waals surface area contributed by atoms with Crippen molar-refractivity contribution in [3.8, 4) is 0 Å². The van der Waals surface area contributed by atoms with E-state index >= 15 is 0 Å². The first-order valence-corrected chi connectivity index (χ1v) is 8.44. The summed E-state index contributed by atoms with van der Waals surface area (Å²) >= 11 is 0. The fourth-order valence-corrected chi connectivity index (χ4v) is 2.76. The summed E-state index contributed by atoms with van der Waals surface area (Å²) in [5.74, 6) is -0.123. The van der Waals surface area contributed by atoms with Gasteiger partial charge in [0.25, 0.3) is 5.91 Å². The van der Waals surface area contributed by atoms with Crippen LogP contribution in [0.4, 0.5) is 5.69 Å². The Labute approximate surface area is 131 Å². The summed E-state index contributed by atoms with van der Waals surface area (Å²) in [7, 11) is -0.716. The lowest BCUT2D eigenvalue weighted by atomic mass is 10.1. The molecule has 1 amide bonds. The number of benzene rings is 1. The zero-order chi connectivity index (χ0) is 16.3. The number of morpholine rings is 1. The first-order chi connectivity index (χ1) is 10.3. The summed E-state index contributed by atoms with van der Waals surface area (Å²) in [5, 5.41) is 0. The molecule has 0 radical (unpaired) electrons. The lowest BCUT2D eigenvalue weighted by molar-refractivity contribution is 0.00360. The smallest absolute Gasteiger partial charge is 0.301 e. The third-order valence-corrected chi connectivity index (χ3v) is 4.92. The maximum absolute atomic E-state index is 12.5. The first-order valence-electron chi connectivity index (χ1n) is 7.00. The monoisotopic (exact) mass is 327 g/mol. The molecular formula is C14H21N3O4S. The molecule has 2 rings (SSSR count). The van der Waals surface area contributed by atoms with Crippen molar-refractivity contribution in [1.82, 2.24) is 9.21 Å². The van der Waals surface area contributed by atoms with Crippen molar-refractivity contribution in [3.05, 3.63) is 29.8 Å². The number of hydrogen-bond donors (Lipinski definition) is 1. The van der Waals surface area contributed by atoms with E-state index in [0.29, 0.717) is 31.0 Å². The van der Waals surface area contributed by atoms with Gasteiger partial charge in [-0.05, 0) is 25.1 Å². The van der Waals surface area contributed by atoms with Crippen LogP contribution in [0.1, 0.15) is 17.3 Å². The summed E-state index contributed by atoms with van der Waals surface area (Å²) in [6, 6.07) is 6.50. The minimum Gasteiger partial charge on any atom is -0.377 e. The van der Waals surface area contributed by atoms with Crippen molar-refractivity contribution >= 4 is 21.8 Å². The largest absolute Gasteiger partial charge is 0.377 e. The zero-order valence-electron chi connectivity index (χ0n) is 12.9. The summed E-state index contributed by atoms with van der Waals surface area (Å²) in [6.07, 6.45) is 0. The minimum absolute atomic E-state index is 0.00312. The van der Waals surface area contributed by atoms with Crippen molar-refractivity contribution < 1.29 is 17.9 Å². The van der Waals surface area contributed by atoms with Gasteiger partial charge in [-0.2, -0.15) is 12.7 Å². The quantitative estimate of drug-likeness (QED) is 0.886. The van der Waals surface area contributed by atoms with E-state index in [2.05, 4.69) is 4.72 Å². The van der Waals surface area contributed by atoms with E-state index in [-0.39, 0.29) is 11.9 Å². The summed E-state index contributed by atoms with van der Waals surface area (Å²) in [4.78, 5) is 14.3. The molecule has 1 N–H and O–H groups in total. The Hall–Kier alpha value is -1.64. The van der Waals surface area contributed by atoms with E-state index in [1.165, 1.54) is 14.1 Å². The second kappa shape index (κ2) is 6.64. The summed E-state index contributed by atoms with van der Waals surface area (Å²) in [6.45, 7) is 3.49. The van der Waals surface area contributed by atoms with Gasteiger partial charge in [-0.25, -0.2) is 0 Å². The average Bonchev–Trinajstić information content (AvgIpc) is 2.46. The van der Waals surface area contributed by atoms with E-state index in [9.17, 15) is 13.2 Å². The molecule has 1 aromatic rings. The number of rotatable bonds is 4. The normalized spacial score (nSPS) is 19.3. The third kappa shape index (κ3) is 3.76. The molecule has 0 bridgehead atoms. The molecule has 7 nitrogen and oxygen atoms in total. The van der Waals surface area contributed by atoms with Crippen LogP contribution in [0.5, 0.6) is 0 Å². The maximum Gasteiger partial charge on any atom is 0.301 e. The molecule has 8 heteroatoms. The second-order valence-corrected chi connectivity index (χ2v) is 7.28. The molecule has 1 fully saturated rings. The van der Waals surface area contributed by atoms with Gasteiger partial charge in [-0.3, -0.25) is 9.52 Å². The Morgan fingerprint density at radius 3 is 2.77 bits per heavy atom. The van der Waals surface area contributed by atoms with Crippen LogP contribution in [0.3, 0.4) is 0 Å². The van der Waals surface area contributed by atoms with Crippen LogP contribution in [-0.4, -0.2) is 63.4 Å². The third-order valence-electron chi connectivity index (χ3n) is 3.47. The number of anilines is 1. The highest BCUT2D eigenvalue weighted by Crippen LogP contribution is 2.17. The van der Waals surface area contributed by atoms with Gasteiger partial charge in [0.2, 0.25) is 0 Å². The molecule has 0 saturated carbocycles. The second-order valence-electron chi connectivity index (χ2n) is 5.39. The molecule has 1 aromatic carbocycles. The predicted molar refractivity (Wildman–Crippen MR) is 84.0 cm³/mol. The number of hydrogen-bond acceptors (Lipinski definition) is 4. The standard InChI is InChI=1S/C14H21N3O4S/c1-11-10-21-8-7-17(11)14(18)12-5-4-6-13(9-12)15-22(19,20)16(2)3/h4-6,9,11,15H,7-8,10H2,1-3H3. The number of nitrogens with one attached hydrogen (secondary N) is 1. The van der Waals surface area contributed by atoms with Gasteiger partial charge in [0, 0.05) is 26.2 Å². The van der Waals surface area contributed by atoms with Crippen molar-refractivity contribution in [2.24, 2.45) is 0 Å². The van der Waals surface area contributed by atoms with Crippen LogP contribution in [0.25, 0.3) is 0 Å². The van der Waals surface area contributed by atoms with E-state index < -0.39 is 10.2 Å². The highest BCUT2D eigenvalue weighted by Gasteiger charge is 2.25. The minimum atomic E-state index is -3.59. The molecule has 122 valence electrons. The molecule has 0 spiro atoms. The van der Waals surface area contributed by atoms with Crippen LogP contribution in [0, 0.1) is 0 Å². The van der Waals surface area contributed by atoms with E-state index in [1.54, 1.807) is 29.2 Å². The van der Waals surface area contributed by atoms with E-state index in [1.807, 2.05) is 6.92 Å². The van der Waals surface area contributed by atoms with E-state index in [0.717, 1.165) is 4.31 Å². The summed E-state index contributed by atoms with van der Waals surface area (Å²) in [5.41, 5.74) is 0.813. The highest BCUT2D eigenvalue weighted by atomic mass is 32.2. The molecule has 1 aliphatic rings. The van der Waals surface area contributed by atoms with Gasteiger partial charge in [0.15, 0.2) is 0 Å². The van der Waals surface area contributed by atoms with Crippen LogP contribution >= 0.6 is 0 Å². The van der Waals surface area contributed by atoms with Gasteiger partial charge in [0.05, 0.1) is 24.9 Å². The average molecular weight is 327 g/mol. The Bertz CT molecular complexity index is 645. The lowest BCUT2D eigenvalue weighted by Gasteiger charge is -2.33. The Balaban J connectivity index is 2.19. The number of amides is 1. The van der Waals surface area contributed by atoms with Crippen LogP contribution in [0.15, 0.2) is 24.3 Å². The van der Waals surface area contributed by atoms with Crippen molar-refractivity contribution in [3.63, 3.8) is 0 Å². The van der Waals surface area contributed by atoms with Gasteiger partial charge in [0.1, 0.15) is 0 Å². The number of nitrogens with zero attached hydrogens (tertiary/aromatic N) is 2. The van der Waals surface area contributed by atoms with Crippen LogP contribution in [0.2, 0.25) is 0 Å².